The van der Waals surface area contributed by atoms with Crippen molar-refractivity contribution in [3.8, 4) is 0 Å². The average Bonchev–Trinajstić information content (AvgIpc) is 2.06. The summed E-state index contributed by atoms with van der Waals surface area (Å²) in [6.45, 7) is 8.40. The maximum Gasteiger partial charge on any atom is 0.0979 e. The van der Waals surface area contributed by atoms with Gasteiger partial charge in [0.25, 0.3) is 0 Å². The Labute approximate surface area is 69.3 Å². The van der Waals surface area contributed by atoms with Crippen LogP contribution in [-0.2, 0) is 0 Å². The highest BCUT2D eigenvalue weighted by Crippen LogP contribution is 2.50. The first-order valence-electron chi connectivity index (χ1n) is 3.70. The Morgan fingerprint density at radius 1 is 1.18 bits per heavy atom. The Hall–Kier alpha value is -0.610. The second-order valence-corrected chi connectivity index (χ2v) is 7.02. The summed E-state index contributed by atoms with van der Waals surface area (Å²) in [6, 6.07) is 10.6. The van der Waals surface area contributed by atoms with Crippen molar-refractivity contribution in [2.24, 2.45) is 0 Å². The smallest absolute Gasteiger partial charge is 0.0636 e. The summed E-state index contributed by atoms with van der Waals surface area (Å²) in [4.78, 5) is 0. The van der Waals surface area contributed by atoms with Gasteiger partial charge in [-0.3, -0.25) is 0 Å². The molecule has 11 heavy (non-hydrogen) atoms. The average molecular weight is 165 g/mol. The van der Waals surface area contributed by atoms with Crippen LogP contribution in [0.25, 0.3) is 0 Å². The quantitative estimate of drug-likeness (QED) is 0.591. The summed E-state index contributed by atoms with van der Waals surface area (Å²) in [5, 5.41) is 1.43. The van der Waals surface area contributed by atoms with E-state index in [0.717, 1.165) is 0 Å². The minimum Gasteiger partial charge on any atom is -0.0636 e. The molecular weight excluding hydrogens is 151 g/mol. The molecule has 0 heterocycles. The lowest BCUT2D eigenvalue weighted by Gasteiger charge is -2.11. The van der Waals surface area contributed by atoms with E-state index in [1.165, 1.54) is 5.30 Å². The van der Waals surface area contributed by atoms with E-state index in [2.05, 4.69) is 50.0 Å². The number of benzene rings is 1. The Kier molecular flexibility index (Phi) is 2.46. The Balaban J connectivity index is 3.02. The van der Waals surface area contributed by atoms with Crippen LogP contribution < -0.4 is 5.30 Å². The van der Waals surface area contributed by atoms with Gasteiger partial charge in [0.15, 0.2) is 0 Å². The molecule has 1 heteroatoms. The Bertz CT molecular complexity index is 236. The summed E-state index contributed by atoms with van der Waals surface area (Å²) in [5.41, 5.74) is 0. The zero-order chi connectivity index (χ0) is 8.32. The van der Waals surface area contributed by atoms with Crippen molar-refractivity contribution in [1.82, 2.24) is 0 Å². The van der Waals surface area contributed by atoms with Crippen molar-refractivity contribution >= 4 is 12.6 Å². The summed E-state index contributed by atoms with van der Waals surface area (Å²) in [7, 11) is -1.01. The van der Waals surface area contributed by atoms with Crippen LogP contribution in [0.2, 0.25) is 0 Å². The fourth-order valence-electron chi connectivity index (χ4n) is 0.918. The second kappa shape index (κ2) is 3.19. The summed E-state index contributed by atoms with van der Waals surface area (Å²) >= 11 is 0. The summed E-state index contributed by atoms with van der Waals surface area (Å²) in [5.74, 6) is 2.09. The lowest BCUT2D eigenvalue weighted by Crippen LogP contribution is -2.05. The molecule has 1 rings (SSSR count). The normalized spacial score (nSPS) is 11.1. The molecule has 0 saturated heterocycles. The third-order valence-corrected chi connectivity index (χ3v) is 4.42. The molecule has 0 unspecified atom stereocenters. The first-order valence-corrected chi connectivity index (χ1v) is 6.45. The molecule has 0 saturated carbocycles. The van der Waals surface area contributed by atoms with Gasteiger partial charge in [-0.15, -0.1) is 0 Å². The lowest BCUT2D eigenvalue weighted by molar-refractivity contribution is 1.76. The van der Waals surface area contributed by atoms with Gasteiger partial charge in [0, 0.05) is 0 Å². The van der Waals surface area contributed by atoms with Gasteiger partial charge in [0.2, 0.25) is 0 Å². The van der Waals surface area contributed by atoms with Crippen LogP contribution in [0.3, 0.4) is 0 Å². The van der Waals surface area contributed by atoms with E-state index >= 15 is 0 Å². The molecular formula is C10H14P+. The predicted octanol–water partition coefficient (Wildman–Crippen LogP) is 2.73. The van der Waals surface area contributed by atoms with Crippen molar-refractivity contribution in [1.29, 1.82) is 0 Å². The maximum absolute atomic E-state index is 3.86. The monoisotopic (exact) mass is 165 g/mol. The van der Waals surface area contributed by atoms with Crippen LogP contribution in [0.4, 0.5) is 0 Å². The molecule has 0 nitrogen and oxygen atoms in total. The van der Waals surface area contributed by atoms with Gasteiger partial charge >= 0.3 is 0 Å². The molecule has 0 aliphatic heterocycles. The van der Waals surface area contributed by atoms with Gasteiger partial charge in [0.05, 0.1) is 31.7 Å². The highest BCUT2D eigenvalue weighted by molar-refractivity contribution is 7.84. The zero-order valence-corrected chi connectivity index (χ0v) is 8.01. The van der Waals surface area contributed by atoms with E-state index in [9.17, 15) is 0 Å². The fraction of sp³-hybridized carbons (Fsp3) is 0.200. The van der Waals surface area contributed by atoms with E-state index in [4.69, 9.17) is 0 Å². The Morgan fingerprint density at radius 2 is 1.73 bits per heavy atom. The van der Waals surface area contributed by atoms with E-state index < -0.39 is 7.26 Å². The second-order valence-electron chi connectivity index (χ2n) is 3.06. The molecule has 0 spiro atoms. The molecule has 0 aliphatic carbocycles. The molecule has 0 fully saturated rings. The highest BCUT2D eigenvalue weighted by Gasteiger charge is 2.22. The fourth-order valence-corrected chi connectivity index (χ4v) is 2.07. The number of rotatable bonds is 2. The molecule has 0 aromatic heterocycles. The molecule has 0 aliphatic rings. The van der Waals surface area contributed by atoms with Gasteiger partial charge < -0.3 is 0 Å². The third-order valence-electron chi connectivity index (χ3n) is 1.88. The first-order chi connectivity index (χ1) is 5.17. The summed E-state index contributed by atoms with van der Waals surface area (Å²) in [6.07, 6.45) is 0. The molecule has 1 aromatic carbocycles. The molecule has 0 atom stereocenters. The van der Waals surface area contributed by atoms with Crippen molar-refractivity contribution in [3.63, 3.8) is 0 Å². The molecule has 0 bridgehead atoms. The standard InChI is InChI=1S/C10H14P/c1-4-11(2,3)10-8-6-5-7-9-10/h4-9H,1H2,2-3H3/q+1. The number of hydrogen-bond donors (Lipinski definition) is 0. The molecule has 0 N–H and O–H groups in total. The maximum atomic E-state index is 3.86. The van der Waals surface area contributed by atoms with E-state index in [1.807, 2.05) is 6.07 Å². The van der Waals surface area contributed by atoms with Crippen molar-refractivity contribution in [2.45, 2.75) is 0 Å². The van der Waals surface area contributed by atoms with Gasteiger partial charge in [-0.2, -0.15) is 0 Å². The lowest BCUT2D eigenvalue weighted by atomic mass is 10.4. The van der Waals surface area contributed by atoms with Gasteiger partial charge in [0.1, 0.15) is 0 Å². The van der Waals surface area contributed by atoms with Crippen molar-refractivity contribution < 1.29 is 0 Å². The third kappa shape index (κ3) is 1.91. The SMILES string of the molecule is C=C[P+](C)(C)c1ccccc1. The van der Waals surface area contributed by atoms with Crippen LogP contribution in [0, 0.1) is 0 Å². The van der Waals surface area contributed by atoms with E-state index in [-0.39, 0.29) is 0 Å². The minimum absolute atomic E-state index is 1.01. The molecule has 58 valence electrons. The predicted molar refractivity (Wildman–Crippen MR) is 55.0 cm³/mol. The topological polar surface area (TPSA) is 0 Å². The van der Waals surface area contributed by atoms with Crippen LogP contribution in [0.1, 0.15) is 0 Å². The van der Waals surface area contributed by atoms with Crippen molar-refractivity contribution in [2.75, 3.05) is 13.3 Å². The van der Waals surface area contributed by atoms with Crippen molar-refractivity contribution in [3.05, 3.63) is 42.7 Å². The zero-order valence-electron chi connectivity index (χ0n) is 7.12. The van der Waals surface area contributed by atoms with E-state index in [0.29, 0.717) is 0 Å². The molecule has 0 radical (unpaired) electrons. The minimum atomic E-state index is -1.01. The van der Waals surface area contributed by atoms with Crippen LogP contribution in [-0.4, -0.2) is 13.3 Å². The highest BCUT2D eigenvalue weighted by atomic mass is 31.2. The van der Waals surface area contributed by atoms with Gasteiger partial charge in [-0.05, 0) is 12.1 Å². The largest absolute Gasteiger partial charge is 0.0979 e. The van der Waals surface area contributed by atoms with Gasteiger partial charge in [-0.25, -0.2) is 0 Å². The van der Waals surface area contributed by atoms with Crippen LogP contribution in [0.5, 0.6) is 0 Å². The molecule has 1 aromatic rings. The van der Waals surface area contributed by atoms with Gasteiger partial charge in [-0.1, -0.05) is 24.8 Å². The molecule has 0 amide bonds. The Morgan fingerprint density at radius 3 is 2.18 bits per heavy atom. The first kappa shape index (κ1) is 8.49. The van der Waals surface area contributed by atoms with E-state index in [1.54, 1.807) is 0 Å². The van der Waals surface area contributed by atoms with Crippen LogP contribution in [0.15, 0.2) is 42.7 Å². The van der Waals surface area contributed by atoms with Crippen LogP contribution >= 0.6 is 7.26 Å². The number of hydrogen-bond acceptors (Lipinski definition) is 0. The summed E-state index contributed by atoms with van der Waals surface area (Å²) < 4.78 is 0.